The molecule has 3 nitrogen and oxygen atoms in total. The van der Waals surface area contributed by atoms with Crippen molar-refractivity contribution in [3.05, 3.63) is 41.5 Å². The molecule has 0 N–H and O–H groups in total. The molecule has 2 rings (SSSR count). The molecular weight excluding hydrogens is 319 g/mol. The average Bonchev–Trinajstić information content (AvgIpc) is 2.48. The van der Waals surface area contributed by atoms with Crippen molar-refractivity contribution in [3.8, 4) is 0 Å². The maximum Gasteiger partial charge on any atom is 1.00 e. The van der Waals surface area contributed by atoms with E-state index in [1.165, 1.54) is 6.07 Å². The zero-order valence-corrected chi connectivity index (χ0v) is 17.1. The summed E-state index contributed by atoms with van der Waals surface area (Å²) in [5.41, 5.74) is 2.27. The van der Waals surface area contributed by atoms with Crippen molar-refractivity contribution in [2.24, 2.45) is 0 Å². The summed E-state index contributed by atoms with van der Waals surface area (Å²) in [5, 5.41) is 1.47. The number of rotatable bonds is 7. The van der Waals surface area contributed by atoms with Crippen LogP contribution in [0.2, 0.25) is 0 Å². The van der Waals surface area contributed by atoms with Crippen LogP contribution in [0.25, 0.3) is 10.8 Å². The van der Waals surface area contributed by atoms with E-state index in [1.54, 1.807) is 6.07 Å². The van der Waals surface area contributed by atoms with Gasteiger partial charge in [-0.1, -0.05) is 44.9 Å². The van der Waals surface area contributed by atoms with E-state index in [1.807, 2.05) is 12.1 Å². The van der Waals surface area contributed by atoms with Gasteiger partial charge in [0.1, 0.15) is 10.1 Å². The van der Waals surface area contributed by atoms with E-state index in [2.05, 4.69) is 19.9 Å². The molecular formula is C18H23NaO3S. The summed E-state index contributed by atoms with van der Waals surface area (Å²) in [6.07, 6.45) is 6.11. The maximum absolute atomic E-state index is 11.5. The number of aryl methyl sites for hydroxylation is 2. The van der Waals surface area contributed by atoms with Crippen LogP contribution in [0.1, 0.15) is 50.7 Å². The molecule has 0 unspecified atom stereocenters. The fourth-order valence-electron chi connectivity index (χ4n) is 2.82. The van der Waals surface area contributed by atoms with Gasteiger partial charge in [-0.3, -0.25) is 0 Å². The predicted octanol–water partition coefficient (Wildman–Crippen LogP) is 1.43. The second-order valence-electron chi connectivity index (χ2n) is 5.77. The van der Waals surface area contributed by atoms with Crippen LogP contribution in [-0.4, -0.2) is 13.0 Å². The van der Waals surface area contributed by atoms with Crippen molar-refractivity contribution in [2.45, 2.75) is 57.3 Å². The number of hydrogen-bond donors (Lipinski definition) is 0. The van der Waals surface area contributed by atoms with Crippen molar-refractivity contribution in [3.63, 3.8) is 0 Å². The quantitative estimate of drug-likeness (QED) is 0.565. The first-order valence-corrected chi connectivity index (χ1v) is 9.38. The van der Waals surface area contributed by atoms with E-state index in [0.29, 0.717) is 5.39 Å². The standard InChI is InChI=1S/C18H24O3S.Na/c1-3-5-8-14-12-15(9-6-4-2)16-10-7-11-18(17(16)13-14)22(19,20)21;/h7,10-13H,3-6,8-9H2,1-2H3,(H,19,20,21);/q;+1/p-1. The van der Waals surface area contributed by atoms with Gasteiger partial charge < -0.3 is 4.55 Å². The molecule has 0 heterocycles. The molecule has 0 saturated heterocycles. The van der Waals surface area contributed by atoms with Gasteiger partial charge in [-0.25, -0.2) is 8.42 Å². The minimum Gasteiger partial charge on any atom is -0.744 e. The molecule has 0 amide bonds. The summed E-state index contributed by atoms with van der Waals surface area (Å²) < 4.78 is 34.6. The average molecular weight is 342 g/mol. The van der Waals surface area contributed by atoms with Crippen LogP contribution in [-0.2, 0) is 23.0 Å². The summed E-state index contributed by atoms with van der Waals surface area (Å²) >= 11 is 0. The Hall–Kier alpha value is -0.390. The van der Waals surface area contributed by atoms with Crippen LogP contribution in [0.5, 0.6) is 0 Å². The molecule has 23 heavy (non-hydrogen) atoms. The Balaban J connectivity index is 0.00000264. The summed E-state index contributed by atoms with van der Waals surface area (Å²) in [7, 11) is -4.45. The van der Waals surface area contributed by atoms with Gasteiger partial charge in [0.2, 0.25) is 0 Å². The summed E-state index contributed by atoms with van der Waals surface area (Å²) in [6.45, 7) is 4.27. The van der Waals surface area contributed by atoms with Crippen LogP contribution in [0.3, 0.4) is 0 Å². The summed E-state index contributed by atoms with van der Waals surface area (Å²) in [4.78, 5) is -0.0962. The Morgan fingerprint density at radius 2 is 1.61 bits per heavy atom. The van der Waals surface area contributed by atoms with Gasteiger partial charge in [-0.15, -0.1) is 0 Å². The van der Waals surface area contributed by atoms with Crippen molar-refractivity contribution in [2.75, 3.05) is 0 Å². The number of unbranched alkanes of at least 4 members (excludes halogenated alkanes) is 2. The van der Waals surface area contributed by atoms with Gasteiger partial charge >= 0.3 is 29.6 Å². The Bertz CT molecular complexity index is 754. The predicted molar refractivity (Wildman–Crippen MR) is 89.1 cm³/mol. The van der Waals surface area contributed by atoms with Crippen molar-refractivity contribution >= 4 is 20.9 Å². The van der Waals surface area contributed by atoms with Gasteiger partial charge in [-0.05, 0) is 59.7 Å². The molecule has 5 heteroatoms. The topological polar surface area (TPSA) is 57.2 Å². The van der Waals surface area contributed by atoms with Crippen molar-refractivity contribution < 1.29 is 42.5 Å². The Kier molecular flexibility index (Phi) is 8.25. The molecule has 0 saturated carbocycles. The third-order valence-electron chi connectivity index (χ3n) is 3.99. The van der Waals surface area contributed by atoms with E-state index < -0.39 is 10.1 Å². The minimum atomic E-state index is -4.45. The Labute approximate surface area is 161 Å². The van der Waals surface area contributed by atoms with Crippen LogP contribution in [0, 0.1) is 0 Å². The van der Waals surface area contributed by atoms with Crippen molar-refractivity contribution in [1.82, 2.24) is 0 Å². The van der Waals surface area contributed by atoms with Gasteiger partial charge in [0.15, 0.2) is 0 Å². The molecule has 0 aliphatic carbocycles. The molecule has 0 spiro atoms. The fraction of sp³-hybridized carbons (Fsp3) is 0.444. The normalized spacial score (nSPS) is 11.4. The largest absolute Gasteiger partial charge is 1.00 e. The maximum atomic E-state index is 11.5. The summed E-state index contributed by atoms with van der Waals surface area (Å²) in [5.74, 6) is 0. The van der Waals surface area contributed by atoms with Crippen LogP contribution < -0.4 is 29.6 Å². The smallest absolute Gasteiger partial charge is 0.744 e. The molecule has 0 atom stereocenters. The second-order valence-corrected chi connectivity index (χ2v) is 7.12. The number of fused-ring (bicyclic) bond motifs is 1. The molecule has 2 aromatic carbocycles. The molecule has 0 radical (unpaired) electrons. The van der Waals surface area contributed by atoms with Crippen LogP contribution >= 0.6 is 0 Å². The van der Waals surface area contributed by atoms with E-state index in [9.17, 15) is 13.0 Å². The molecule has 120 valence electrons. The van der Waals surface area contributed by atoms with E-state index in [-0.39, 0.29) is 34.5 Å². The van der Waals surface area contributed by atoms with Crippen molar-refractivity contribution in [1.29, 1.82) is 0 Å². The molecule has 0 bridgehead atoms. The van der Waals surface area contributed by atoms with E-state index in [0.717, 1.165) is 55.0 Å². The third-order valence-corrected chi connectivity index (χ3v) is 4.88. The molecule has 0 aromatic heterocycles. The molecule has 0 aliphatic heterocycles. The second kappa shape index (κ2) is 9.19. The number of benzene rings is 2. The first-order chi connectivity index (χ1) is 10.5. The Morgan fingerprint density at radius 1 is 0.957 bits per heavy atom. The Morgan fingerprint density at radius 3 is 2.22 bits per heavy atom. The molecule has 2 aromatic rings. The molecule has 0 aliphatic rings. The third kappa shape index (κ3) is 5.30. The van der Waals surface area contributed by atoms with Gasteiger partial charge in [0.05, 0.1) is 4.90 Å². The van der Waals surface area contributed by atoms with Gasteiger partial charge in [0.25, 0.3) is 0 Å². The first kappa shape index (κ1) is 20.7. The first-order valence-electron chi connectivity index (χ1n) is 7.97. The monoisotopic (exact) mass is 342 g/mol. The zero-order valence-electron chi connectivity index (χ0n) is 14.3. The zero-order chi connectivity index (χ0) is 16.2. The summed E-state index contributed by atoms with van der Waals surface area (Å²) in [6, 6.07) is 9.05. The van der Waals surface area contributed by atoms with Gasteiger partial charge in [0, 0.05) is 0 Å². The van der Waals surface area contributed by atoms with Crippen LogP contribution in [0.4, 0.5) is 0 Å². The van der Waals surface area contributed by atoms with E-state index >= 15 is 0 Å². The van der Waals surface area contributed by atoms with Crippen LogP contribution in [0.15, 0.2) is 35.2 Å². The fourth-order valence-corrected chi connectivity index (χ4v) is 3.50. The van der Waals surface area contributed by atoms with Gasteiger partial charge in [-0.2, -0.15) is 0 Å². The molecule has 0 fully saturated rings. The SMILES string of the molecule is CCCCc1cc(CCCC)c2cccc(S(=O)(=O)[O-])c2c1.[Na+]. The minimum absolute atomic E-state index is 0. The number of hydrogen-bond acceptors (Lipinski definition) is 3. The van der Waals surface area contributed by atoms with E-state index in [4.69, 9.17) is 0 Å².